The molecule has 0 radical (unpaired) electrons. The Morgan fingerprint density at radius 3 is 2.78 bits per heavy atom. The summed E-state index contributed by atoms with van der Waals surface area (Å²) in [7, 11) is 0. The number of guanidine groups is 1. The van der Waals surface area contributed by atoms with Crippen LogP contribution < -0.4 is 10.6 Å². The number of aryl methyl sites for hydroxylation is 1. The minimum absolute atomic E-state index is 0. The van der Waals surface area contributed by atoms with Crippen LogP contribution in [0.4, 0.5) is 0 Å². The lowest BCUT2D eigenvalue weighted by molar-refractivity contribution is 0.481. The largest absolute Gasteiger partial charge is 0.357 e. The molecule has 6 heteroatoms. The highest BCUT2D eigenvalue weighted by Crippen LogP contribution is 2.28. The maximum Gasteiger partial charge on any atom is 0.191 e. The molecule has 1 fully saturated rings. The molecule has 2 N–H and O–H groups in total. The van der Waals surface area contributed by atoms with Gasteiger partial charge in [0.2, 0.25) is 0 Å². The normalized spacial score (nSPS) is 15.4. The average Bonchev–Trinajstić information content (AvgIpc) is 3.21. The number of hydrogen-bond acceptors (Lipinski definition) is 2. The van der Waals surface area contributed by atoms with Gasteiger partial charge in [-0.2, -0.15) is 5.10 Å². The number of aliphatic imine (C=N–C) groups is 1. The van der Waals surface area contributed by atoms with Crippen molar-refractivity contribution >= 4 is 29.9 Å². The van der Waals surface area contributed by atoms with Crippen LogP contribution in [0.5, 0.6) is 0 Å². The molecule has 1 aromatic rings. The van der Waals surface area contributed by atoms with Crippen LogP contribution in [0.1, 0.15) is 51.9 Å². The Morgan fingerprint density at radius 1 is 1.26 bits per heavy atom. The summed E-state index contributed by atoms with van der Waals surface area (Å²) in [6.45, 7) is 5.81. The summed E-state index contributed by atoms with van der Waals surface area (Å²) in [6, 6.07) is 1.96. The average molecular weight is 433 g/mol. The first kappa shape index (κ1) is 20.3. The zero-order chi connectivity index (χ0) is 15.5. The van der Waals surface area contributed by atoms with E-state index in [1.54, 1.807) is 0 Å². The van der Waals surface area contributed by atoms with E-state index in [0.717, 1.165) is 44.5 Å². The standard InChI is InChI=1S/C17H31N5.HI/c1-2-18-17(19-11-5-10-16-8-3-4-9-16)20-12-6-14-22-15-7-13-21-22;/h7,13,15-16H,2-6,8-12,14H2,1H3,(H2,18,19,20);1H. The van der Waals surface area contributed by atoms with E-state index >= 15 is 0 Å². The van der Waals surface area contributed by atoms with Crippen LogP contribution in [0.2, 0.25) is 0 Å². The van der Waals surface area contributed by atoms with E-state index in [9.17, 15) is 0 Å². The lowest BCUT2D eigenvalue weighted by Gasteiger charge is -2.13. The number of rotatable bonds is 9. The predicted octanol–water partition coefficient (Wildman–Crippen LogP) is 3.42. The van der Waals surface area contributed by atoms with Gasteiger partial charge in [-0.05, 0) is 38.2 Å². The van der Waals surface area contributed by atoms with E-state index in [1.165, 1.54) is 38.5 Å². The number of aromatic nitrogens is 2. The molecular weight excluding hydrogens is 401 g/mol. The fraction of sp³-hybridized carbons (Fsp3) is 0.765. The van der Waals surface area contributed by atoms with Gasteiger partial charge < -0.3 is 10.6 Å². The third-order valence-corrected chi connectivity index (χ3v) is 4.27. The molecule has 1 aromatic heterocycles. The van der Waals surface area contributed by atoms with Gasteiger partial charge >= 0.3 is 0 Å². The number of nitrogens with one attached hydrogen (secondary N) is 2. The first-order chi connectivity index (χ1) is 10.9. The molecule has 0 saturated heterocycles. The van der Waals surface area contributed by atoms with Gasteiger partial charge in [0.25, 0.3) is 0 Å². The number of hydrogen-bond donors (Lipinski definition) is 2. The Kier molecular flexibility index (Phi) is 11.1. The Labute approximate surface area is 157 Å². The van der Waals surface area contributed by atoms with Crippen molar-refractivity contribution in [1.29, 1.82) is 0 Å². The zero-order valence-corrected chi connectivity index (χ0v) is 16.7. The van der Waals surface area contributed by atoms with Crippen molar-refractivity contribution in [2.75, 3.05) is 19.6 Å². The molecule has 0 unspecified atom stereocenters. The van der Waals surface area contributed by atoms with Crippen LogP contribution in [0.3, 0.4) is 0 Å². The molecule has 0 aromatic carbocycles. The van der Waals surface area contributed by atoms with E-state index in [4.69, 9.17) is 0 Å². The maximum absolute atomic E-state index is 4.64. The molecule has 0 amide bonds. The minimum atomic E-state index is 0. The molecule has 2 rings (SSSR count). The first-order valence-corrected chi connectivity index (χ1v) is 8.88. The van der Waals surface area contributed by atoms with Gasteiger partial charge in [-0.1, -0.05) is 25.7 Å². The Bertz CT molecular complexity index is 413. The number of nitrogens with zero attached hydrogens (tertiary/aromatic N) is 3. The molecule has 5 nitrogen and oxygen atoms in total. The van der Waals surface area contributed by atoms with Crippen molar-refractivity contribution in [3.05, 3.63) is 18.5 Å². The van der Waals surface area contributed by atoms with Crippen LogP contribution >= 0.6 is 24.0 Å². The van der Waals surface area contributed by atoms with Crippen molar-refractivity contribution in [1.82, 2.24) is 20.4 Å². The van der Waals surface area contributed by atoms with Gasteiger partial charge in [-0.25, -0.2) is 0 Å². The SMILES string of the molecule is CCNC(=NCCCn1cccn1)NCCCC1CCCC1.I. The molecule has 1 aliphatic carbocycles. The third kappa shape index (κ3) is 8.58. The van der Waals surface area contributed by atoms with E-state index < -0.39 is 0 Å². The van der Waals surface area contributed by atoms with Crippen LogP contribution in [-0.4, -0.2) is 35.4 Å². The second kappa shape index (κ2) is 12.6. The van der Waals surface area contributed by atoms with Crippen molar-refractivity contribution in [2.24, 2.45) is 10.9 Å². The molecule has 1 aliphatic rings. The van der Waals surface area contributed by atoms with Crippen LogP contribution in [-0.2, 0) is 6.54 Å². The lowest BCUT2D eigenvalue weighted by Crippen LogP contribution is -2.38. The molecule has 132 valence electrons. The highest BCUT2D eigenvalue weighted by atomic mass is 127. The zero-order valence-electron chi connectivity index (χ0n) is 14.3. The smallest absolute Gasteiger partial charge is 0.191 e. The summed E-state index contributed by atoms with van der Waals surface area (Å²) < 4.78 is 1.96. The van der Waals surface area contributed by atoms with Gasteiger partial charge in [0.1, 0.15) is 0 Å². The molecular formula is C17H32IN5. The van der Waals surface area contributed by atoms with Crippen molar-refractivity contribution < 1.29 is 0 Å². The maximum atomic E-state index is 4.64. The molecule has 0 atom stereocenters. The fourth-order valence-corrected chi connectivity index (χ4v) is 3.09. The van der Waals surface area contributed by atoms with Gasteiger partial charge in [0, 0.05) is 38.6 Å². The topological polar surface area (TPSA) is 54.2 Å². The lowest BCUT2D eigenvalue weighted by atomic mass is 10.0. The van der Waals surface area contributed by atoms with Crippen LogP contribution in [0.25, 0.3) is 0 Å². The van der Waals surface area contributed by atoms with Crippen molar-refractivity contribution in [3.8, 4) is 0 Å². The van der Waals surface area contributed by atoms with Gasteiger partial charge in [-0.15, -0.1) is 24.0 Å². The Hall–Kier alpha value is -0.790. The number of halogens is 1. The van der Waals surface area contributed by atoms with Crippen molar-refractivity contribution in [2.45, 2.75) is 58.4 Å². The van der Waals surface area contributed by atoms with Crippen molar-refractivity contribution in [3.63, 3.8) is 0 Å². The molecule has 1 heterocycles. The third-order valence-electron chi connectivity index (χ3n) is 4.27. The monoisotopic (exact) mass is 433 g/mol. The van der Waals surface area contributed by atoms with E-state index in [1.807, 2.05) is 23.1 Å². The van der Waals surface area contributed by atoms with E-state index in [-0.39, 0.29) is 24.0 Å². The molecule has 0 spiro atoms. The summed E-state index contributed by atoms with van der Waals surface area (Å²) >= 11 is 0. The molecule has 0 aliphatic heterocycles. The molecule has 1 saturated carbocycles. The fourth-order valence-electron chi connectivity index (χ4n) is 3.09. The highest BCUT2D eigenvalue weighted by molar-refractivity contribution is 14.0. The summed E-state index contributed by atoms with van der Waals surface area (Å²) in [5, 5.41) is 11.0. The summed E-state index contributed by atoms with van der Waals surface area (Å²) in [6.07, 6.45) is 13.2. The van der Waals surface area contributed by atoms with Gasteiger partial charge in [0.05, 0.1) is 0 Å². The molecule has 23 heavy (non-hydrogen) atoms. The van der Waals surface area contributed by atoms with Gasteiger partial charge in [0.15, 0.2) is 5.96 Å². The Balaban J connectivity index is 0.00000264. The highest BCUT2D eigenvalue weighted by Gasteiger charge is 2.13. The second-order valence-electron chi connectivity index (χ2n) is 6.10. The molecule has 0 bridgehead atoms. The summed E-state index contributed by atoms with van der Waals surface area (Å²) in [5.41, 5.74) is 0. The summed E-state index contributed by atoms with van der Waals surface area (Å²) in [5.74, 6) is 1.93. The van der Waals surface area contributed by atoms with E-state index in [2.05, 4.69) is 27.6 Å². The summed E-state index contributed by atoms with van der Waals surface area (Å²) in [4.78, 5) is 4.64. The van der Waals surface area contributed by atoms with E-state index in [0.29, 0.717) is 0 Å². The second-order valence-corrected chi connectivity index (χ2v) is 6.10. The van der Waals surface area contributed by atoms with Crippen LogP contribution in [0, 0.1) is 5.92 Å². The first-order valence-electron chi connectivity index (χ1n) is 8.88. The minimum Gasteiger partial charge on any atom is -0.357 e. The Morgan fingerprint density at radius 2 is 2.09 bits per heavy atom. The quantitative estimate of drug-likeness (QED) is 0.272. The van der Waals surface area contributed by atoms with Gasteiger partial charge in [-0.3, -0.25) is 9.67 Å². The predicted molar refractivity (Wildman–Crippen MR) is 107 cm³/mol. The van der Waals surface area contributed by atoms with Crippen LogP contribution in [0.15, 0.2) is 23.5 Å².